The van der Waals surface area contributed by atoms with Crippen molar-refractivity contribution < 1.29 is 4.79 Å². The van der Waals surface area contributed by atoms with E-state index in [4.69, 9.17) is 51.5 Å². The number of carbonyl (C=O) groups excluding carboxylic acids is 1. The minimum Gasteiger partial charge on any atom is -0.346 e. The summed E-state index contributed by atoms with van der Waals surface area (Å²) >= 11 is 24.7. The molecule has 2 atom stereocenters. The van der Waals surface area contributed by atoms with E-state index in [1.54, 1.807) is 24.3 Å². The summed E-state index contributed by atoms with van der Waals surface area (Å²) in [4.78, 5) is 13.1. The Hall–Kier alpha value is -1.72. The maximum atomic E-state index is 13.1. The highest BCUT2D eigenvalue weighted by atomic mass is 35.5. The van der Waals surface area contributed by atoms with Crippen LogP contribution in [0.1, 0.15) is 58.4 Å². The van der Waals surface area contributed by atoms with Gasteiger partial charge in [-0.15, -0.1) is 0 Å². The van der Waals surface area contributed by atoms with Gasteiger partial charge in [-0.25, -0.2) is 4.68 Å². The number of benzene rings is 2. The zero-order valence-electron chi connectivity index (χ0n) is 15.8. The second kappa shape index (κ2) is 7.76. The lowest BCUT2D eigenvalue weighted by Gasteiger charge is -2.15. The Morgan fingerprint density at radius 1 is 1.00 bits per heavy atom. The Morgan fingerprint density at radius 2 is 1.70 bits per heavy atom. The topological polar surface area (TPSA) is 46.9 Å². The van der Waals surface area contributed by atoms with Crippen LogP contribution in [0.2, 0.25) is 20.1 Å². The third kappa shape index (κ3) is 3.40. The lowest BCUT2D eigenvalue weighted by atomic mass is 9.95. The first kappa shape index (κ1) is 20.2. The number of hydrogen-bond donors (Lipinski definition) is 1. The number of fused-ring (bicyclic) bond motifs is 5. The zero-order chi connectivity index (χ0) is 21.0. The molecule has 0 aliphatic heterocycles. The summed E-state index contributed by atoms with van der Waals surface area (Å²) in [6.07, 6.45) is 3.25. The van der Waals surface area contributed by atoms with Crippen LogP contribution in [0.25, 0.3) is 5.69 Å². The molecule has 0 saturated heterocycles. The van der Waals surface area contributed by atoms with Crippen molar-refractivity contribution in [1.29, 1.82) is 0 Å². The maximum Gasteiger partial charge on any atom is 0.272 e. The molecule has 1 fully saturated rings. The van der Waals surface area contributed by atoms with E-state index in [0.29, 0.717) is 44.2 Å². The van der Waals surface area contributed by atoms with Gasteiger partial charge >= 0.3 is 0 Å². The van der Waals surface area contributed by atoms with Gasteiger partial charge in [0, 0.05) is 33.1 Å². The standard InChI is InChI=1S/C22H17Cl4N3O/c23-14-4-3-13(16(25)8-14)10-27-22(30)20-19-11-1-2-12(7-11)21(19)29(28-20)18-6-5-15(24)9-17(18)26/h3-6,8-9,11-12H,1-2,7,10H2,(H,27,30). The van der Waals surface area contributed by atoms with Crippen LogP contribution in [-0.2, 0) is 6.54 Å². The molecular weight excluding hydrogens is 464 g/mol. The van der Waals surface area contributed by atoms with Gasteiger partial charge in [0.2, 0.25) is 0 Å². The highest BCUT2D eigenvalue weighted by molar-refractivity contribution is 6.36. The molecule has 5 rings (SSSR count). The van der Waals surface area contributed by atoms with E-state index in [2.05, 4.69) is 5.32 Å². The Balaban J connectivity index is 1.50. The van der Waals surface area contributed by atoms with Crippen molar-refractivity contribution in [3.05, 3.63) is 79.0 Å². The number of rotatable bonds is 4. The van der Waals surface area contributed by atoms with Crippen LogP contribution in [0.15, 0.2) is 36.4 Å². The number of nitrogens with one attached hydrogen (secondary N) is 1. The summed E-state index contributed by atoms with van der Waals surface area (Å²) < 4.78 is 1.84. The second-order valence-electron chi connectivity index (χ2n) is 7.78. The second-order valence-corrected chi connectivity index (χ2v) is 9.47. The van der Waals surface area contributed by atoms with E-state index in [0.717, 1.165) is 41.8 Å². The summed E-state index contributed by atoms with van der Waals surface area (Å²) in [5.74, 6) is 0.551. The molecule has 1 heterocycles. The van der Waals surface area contributed by atoms with Crippen molar-refractivity contribution >= 4 is 52.3 Å². The number of hydrogen-bond acceptors (Lipinski definition) is 2. The summed E-state index contributed by atoms with van der Waals surface area (Å²) in [6.45, 7) is 0.298. The van der Waals surface area contributed by atoms with Crippen LogP contribution >= 0.6 is 46.4 Å². The molecule has 8 heteroatoms. The van der Waals surface area contributed by atoms with Crippen LogP contribution in [0.5, 0.6) is 0 Å². The van der Waals surface area contributed by atoms with E-state index in [1.165, 1.54) is 0 Å². The van der Waals surface area contributed by atoms with Crippen LogP contribution in [0, 0.1) is 0 Å². The molecule has 1 aromatic heterocycles. The Labute approximate surface area is 194 Å². The SMILES string of the molecule is O=C(NCc1ccc(Cl)cc1Cl)c1nn(-c2ccc(Cl)cc2Cl)c2c1C1CCC2C1. The molecule has 154 valence electrons. The van der Waals surface area contributed by atoms with Gasteiger partial charge in [0.05, 0.1) is 16.4 Å². The Kier molecular flexibility index (Phi) is 5.22. The molecule has 3 aromatic rings. The van der Waals surface area contributed by atoms with Crippen molar-refractivity contribution in [2.45, 2.75) is 37.6 Å². The average Bonchev–Trinajstić information content (AvgIpc) is 3.40. The van der Waals surface area contributed by atoms with Gasteiger partial charge in [-0.2, -0.15) is 5.10 Å². The van der Waals surface area contributed by atoms with Crippen molar-refractivity contribution in [2.24, 2.45) is 0 Å². The first-order valence-corrected chi connectivity index (χ1v) is 11.2. The van der Waals surface area contributed by atoms with Crippen LogP contribution in [0.3, 0.4) is 0 Å². The van der Waals surface area contributed by atoms with Gasteiger partial charge in [-0.3, -0.25) is 4.79 Å². The number of carbonyl (C=O) groups is 1. The summed E-state index contributed by atoms with van der Waals surface area (Å²) in [5, 5.41) is 9.81. The minimum atomic E-state index is -0.214. The smallest absolute Gasteiger partial charge is 0.272 e. The molecular formula is C22H17Cl4N3O. The number of amides is 1. The normalized spacial score (nSPS) is 19.2. The third-order valence-corrected chi connectivity index (χ3v) is 7.12. The molecule has 1 N–H and O–H groups in total. The molecule has 30 heavy (non-hydrogen) atoms. The van der Waals surface area contributed by atoms with Crippen molar-refractivity contribution in [3.8, 4) is 5.69 Å². The van der Waals surface area contributed by atoms with Gasteiger partial charge in [0.25, 0.3) is 5.91 Å². The van der Waals surface area contributed by atoms with Crippen LogP contribution in [-0.4, -0.2) is 15.7 Å². The molecule has 0 spiro atoms. The molecule has 2 aromatic carbocycles. The molecule has 1 saturated carbocycles. The molecule has 2 unspecified atom stereocenters. The molecule has 2 bridgehead atoms. The minimum absolute atomic E-state index is 0.214. The third-order valence-electron chi connectivity index (χ3n) is 5.99. The monoisotopic (exact) mass is 479 g/mol. The molecule has 2 aliphatic rings. The number of halogens is 4. The van der Waals surface area contributed by atoms with Crippen molar-refractivity contribution in [1.82, 2.24) is 15.1 Å². The van der Waals surface area contributed by atoms with E-state index in [9.17, 15) is 4.79 Å². The predicted octanol–water partition coefficient (Wildman–Crippen LogP) is 6.78. The molecule has 1 amide bonds. The summed E-state index contributed by atoms with van der Waals surface area (Å²) in [5.41, 5.74) is 4.16. The van der Waals surface area contributed by atoms with Crippen LogP contribution in [0.4, 0.5) is 0 Å². The predicted molar refractivity (Wildman–Crippen MR) is 121 cm³/mol. The van der Waals surface area contributed by atoms with Gasteiger partial charge in [0.1, 0.15) is 0 Å². The average molecular weight is 481 g/mol. The highest BCUT2D eigenvalue weighted by Crippen LogP contribution is 2.54. The number of nitrogens with zero attached hydrogens (tertiary/aromatic N) is 2. The van der Waals surface area contributed by atoms with E-state index in [1.807, 2.05) is 16.8 Å². The van der Waals surface area contributed by atoms with Gasteiger partial charge in [0.15, 0.2) is 5.69 Å². The Bertz CT molecular complexity index is 1170. The maximum absolute atomic E-state index is 13.1. The zero-order valence-corrected chi connectivity index (χ0v) is 18.8. The quantitative estimate of drug-likeness (QED) is 0.447. The van der Waals surface area contributed by atoms with Gasteiger partial charge in [-0.1, -0.05) is 52.5 Å². The largest absolute Gasteiger partial charge is 0.346 e. The fourth-order valence-electron chi connectivity index (χ4n) is 4.66. The summed E-state index contributed by atoms with van der Waals surface area (Å²) in [6, 6.07) is 10.6. The molecule has 2 aliphatic carbocycles. The summed E-state index contributed by atoms with van der Waals surface area (Å²) in [7, 11) is 0. The fourth-order valence-corrected chi connectivity index (χ4v) is 5.62. The van der Waals surface area contributed by atoms with Gasteiger partial charge < -0.3 is 5.32 Å². The lowest BCUT2D eigenvalue weighted by Crippen LogP contribution is -2.25. The number of aromatic nitrogens is 2. The first-order chi connectivity index (χ1) is 14.4. The van der Waals surface area contributed by atoms with Crippen molar-refractivity contribution in [3.63, 3.8) is 0 Å². The van der Waals surface area contributed by atoms with E-state index < -0.39 is 0 Å². The van der Waals surface area contributed by atoms with Crippen LogP contribution < -0.4 is 5.32 Å². The van der Waals surface area contributed by atoms with Gasteiger partial charge in [-0.05, 0) is 61.1 Å². The molecule has 0 radical (unpaired) electrons. The van der Waals surface area contributed by atoms with Crippen molar-refractivity contribution in [2.75, 3.05) is 0 Å². The first-order valence-electron chi connectivity index (χ1n) is 9.72. The molecule has 4 nitrogen and oxygen atoms in total. The lowest BCUT2D eigenvalue weighted by molar-refractivity contribution is 0.0944. The Morgan fingerprint density at radius 3 is 2.43 bits per heavy atom. The van der Waals surface area contributed by atoms with E-state index in [-0.39, 0.29) is 5.91 Å². The van der Waals surface area contributed by atoms with E-state index >= 15 is 0 Å². The fraction of sp³-hybridized carbons (Fsp3) is 0.273. The highest BCUT2D eigenvalue weighted by Gasteiger charge is 2.44.